The maximum absolute atomic E-state index is 12.7. The molecule has 1 saturated carbocycles. The van der Waals surface area contributed by atoms with Crippen LogP contribution in [0.1, 0.15) is 85.0 Å². The molecule has 4 rings (SSSR count). The van der Waals surface area contributed by atoms with Gasteiger partial charge >= 0.3 is 5.97 Å². The molecule has 30 heavy (non-hydrogen) atoms. The number of aryl methyl sites for hydroxylation is 1. The second-order valence-electron chi connectivity index (χ2n) is 8.05. The minimum atomic E-state index is -0.339. The summed E-state index contributed by atoms with van der Waals surface area (Å²) in [6.45, 7) is 6.34. The van der Waals surface area contributed by atoms with Crippen LogP contribution < -0.4 is 5.32 Å². The molecule has 0 spiro atoms. The van der Waals surface area contributed by atoms with E-state index < -0.39 is 0 Å². The Kier molecular flexibility index (Phi) is 6.48. The van der Waals surface area contributed by atoms with E-state index in [9.17, 15) is 9.59 Å². The number of nitrogens with zero attached hydrogens (tertiary/aromatic N) is 3. The number of hydrogen-bond acceptors (Lipinski definition) is 7. The first kappa shape index (κ1) is 21.4. The van der Waals surface area contributed by atoms with E-state index >= 15 is 0 Å². The summed E-state index contributed by atoms with van der Waals surface area (Å²) in [6.07, 6.45) is 6.33. The number of ether oxygens (including phenoxy) is 1. The van der Waals surface area contributed by atoms with Crippen LogP contribution in [0.2, 0.25) is 0 Å². The molecule has 2 aliphatic rings. The highest BCUT2D eigenvalue weighted by molar-refractivity contribution is 7.99. The van der Waals surface area contributed by atoms with E-state index in [4.69, 9.17) is 4.74 Å². The van der Waals surface area contributed by atoms with Crippen molar-refractivity contribution in [3.05, 3.63) is 21.8 Å². The lowest BCUT2D eigenvalue weighted by atomic mass is 9.95. The number of nitrogens with one attached hydrogen (secondary N) is 1. The third kappa shape index (κ3) is 4.42. The molecular weight excluding hydrogens is 420 g/mol. The van der Waals surface area contributed by atoms with Gasteiger partial charge in [0.2, 0.25) is 5.91 Å². The lowest BCUT2D eigenvalue weighted by Gasteiger charge is -2.13. The number of carbonyl (C=O) groups is 2. The van der Waals surface area contributed by atoms with Crippen LogP contribution in [0, 0.1) is 0 Å². The molecule has 9 heteroatoms. The Balaban J connectivity index is 1.47. The number of carbonyl (C=O) groups excluding carboxylic acids is 2. The lowest BCUT2D eigenvalue weighted by molar-refractivity contribution is -0.113. The van der Waals surface area contributed by atoms with Crippen molar-refractivity contribution in [1.29, 1.82) is 0 Å². The first-order valence-corrected chi connectivity index (χ1v) is 12.5. The summed E-state index contributed by atoms with van der Waals surface area (Å²) in [5.74, 6) is 1.28. The van der Waals surface area contributed by atoms with Gasteiger partial charge in [0.25, 0.3) is 0 Å². The smallest absolute Gasteiger partial charge is 0.341 e. The minimum Gasteiger partial charge on any atom is -0.462 e. The predicted molar refractivity (Wildman–Crippen MR) is 119 cm³/mol. The van der Waals surface area contributed by atoms with E-state index in [1.54, 1.807) is 6.92 Å². The molecule has 0 saturated heterocycles. The molecule has 2 aliphatic carbocycles. The van der Waals surface area contributed by atoms with Crippen molar-refractivity contribution in [2.45, 2.75) is 76.4 Å². The van der Waals surface area contributed by atoms with E-state index in [0.717, 1.165) is 55.1 Å². The summed E-state index contributed by atoms with van der Waals surface area (Å²) in [5, 5.41) is 13.1. The quantitative estimate of drug-likeness (QED) is 0.470. The zero-order chi connectivity index (χ0) is 21.3. The number of hydrogen-bond donors (Lipinski definition) is 1. The average molecular weight is 449 g/mol. The number of thioether (sulfide) groups is 1. The van der Waals surface area contributed by atoms with Crippen LogP contribution >= 0.6 is 23.1 Å². The van der Waals surface area contributed by atoms with Crippen molar-refractivity contribution in [3.63, 3.8) is 0 Å². The van der Waals surface area contributed by atoms with E-state index in [1.807, 2.05) is 0 Å². The van der Waals surface area contributed by atoms with Gasteiger partial charge in [-0.2, -0.15) is 0 Å². The second kappa shape index (κ2) is 9.09. The number of amides is 1. The Labute approximate surface area is 185 Å². The molecule has 2 aromatic rings. The number of esters is 1. The standard InChI is InChI=1S/C21H28N4O3S2/c1-4-28-20(27)17-14-7-5-6-8-15(14)30-19(17)22-16(26)11-29-21-24-23-18(13-9-10-13)25(21)12(2)3/h12-13H,4-11H2,1-3H3,(H,22,26). The van der Waals surface area contributed by atoms with Gasteiger partial charge in [0.05, 0.1) is 17.9 Å². The van der Waals surface area contributed by atoms with Crippen molar-refractivity contribution >= 4 is 40.0 Å². The van der Waals surface area contributed by atoms with Crippen LogP contribution in [-0.2, 0) is 22.4 Å². The predicted octanol–water partition coefficient (Wildman–Crippen LogP) is 4.58. The highest BCUT2D eigenvalue weighted by Gasteiger charge is 2.31. The summed E-state index contributed by atoms with van der Waals surface area (Å²) in [5.41, 5.74) is 1.61. The molecule has 2 aromatic heterocycles. The number of aromatic nitrogens is 3. The molecule has 0 radical (unpaired) electrons. The monoisotopic (exact) mass is 448 g/mol. The van der Waals surface area contributed by atoms with Gasteiger partial charge in [-0.25, -0.2) is 4.79 Å². The molecule has 0 unspecified atom stereocenters. The Morgan fingerprint density at radius 3 is 2.73 bits per heavy atom. The fourth-order valence-corrected chi connectivity index (χ4v) is 6.03. The number of rotatable bonds is 8. The topological polar surface area (TPSA) is 86.1 Å². The first-order valence-electron chi connectivity index (χ1n) is 10.7. The van der Waals surface area contributed by atoms with Gasteiger partial charge in [-0.05, 0) is 64.9 Å². The van der Waals surface area contributed by atoms with Crippen LogP contribution in [0.15, 0.2) is 5.16 Å². The first-order chi connectivity index (χ1) is 14.5. The average Bonchev–Trinajstić information content (AvgIpc) is 3.36. The Bertz CT molecular complexity index is 946. The van der Waals surface area contributed by atoms with Crippen molar-refractivity contribution < 1.29 is 14.3 Å². The Hall–Kier alpha value is -1.87. The fourth-order valence-electron chi connectivity index (χ4n) is 3.86. The summed E-state index contributed by atoms with van der Waals surface area (Å²) < 4.78 is 7.41. The van der Waals surface area contributed by atoms with Gasteiger partial charge in [-0.1, -0.05) is 11.8 Å². The van der Waals surface area contributed by atoms with E-state index in [-0.39, 0.29) is 23.7 Å². The maximum atomic E-state index is 12.7. The van der Waals surface area contributed by atoms with Crippen LogP contribution in [0.4, 0.5) is 5.00 Å². The number of fused-ring (bicyclic) bond motifs is 1. The molecule has 7 nitrogen and oxygen atoms in total. The van der Waals surface area contributed by atoms with Gasteiger partial charge in [0, 0.05) is 16.8 Å². The van der Waals surface area contributed by atoms with E-state index in [2.05, 4.69) is 33.9 Å². The highest BCUT2D eigenvalue weighted by atomic mass is 32.2. The number of anilines is 1. The van der Waals surface area contributed by atoms with Crippen LogP contribution in [0.25, 0.3) is 0 Å². The molecule has 1 N–H and O–H groups in total. The zero-order valence-electron chi connectivity index (χ0n) is 17.7. The molecule has 1 fully saturated rings. The number of thiophene rings is 1. The van der Waals surface area contributed by atoms with Gasteiger partial charge in [0.1, 0.15) is 10.8 Å². The molecule has 2 heterocycles. The maximum Gasteiger partial charge on any atom is 0.341 e. The molecule has 162 valence electrons. The van der Waals surface area contributed by atoms with Crippen molar-refractivity contribution in [3.8, 4) is 0 Å². The largest absolute Gasteiger partial charge is 0.462 e. The fraction of sp³-hybridized carbons (Fsp3) is 0.619. The van der Waals surface area contributed by atoms with Gasteiger partial charge in [0.15, 0.2) is 5.16 Å². The summed E-state index contributed by atoms with van der Waals surface area (Å²) in [4.78, 5) is 26.5. The molecule has 0 atom stereocenters. The van der Waals surface area contributed by atoms with E-state index in [0.29, 0.717) is 23.1 Å². The molecule has 0 aromatic carbocycles. The molecular formula is C21H28N4O3S2. The van der Waals surface area contributed by atoms with Crippen LogP contribution in [-0.4, -0.2) is 39.0 Å². The van der Waals surface area contributed by atoms with Gasteiger partial charge in [-0.15, -0.1) is 21.5 Å². The minimum absolute atomic E-state index is 0.143. The van der Waals surface area contributed by atoms with Crippen molar-refractivity contribution in [2.24, 2.45) is 0 Å². The second-order valence-corrected chi connectivity index (χ2v) is 10.1. The SMILES string of the molecule is CCOC(=O)c1c(NC(=O)CSc2nnc(C3CC3)n2C(C)C)sc2c1CCCC2. The van der Waals surface area contributed by atoms with Gasteiger partial charge in [-0.3, -0.25) is 4.79 Å². The summed E-state index contributed by atoms with van der Waals surface area (Å²) in [7, 11) is 0. The van der Waals surface area contributed by atoms with E-state index in [1.165, 1.54) is 28.0 Å². The Morgan fingerprint density at radius 1 is 1.27 bits per heavy atom. The highest BCUT2D eigenvalue weighted by Crippen LogP contribution is 2.41. The lowest BCUT2D eigenvalue weighted by Crippen LogP contribution is -2.17. The molecule has 1 amide bonds. The van der Waals surface area contributed by atoms with Crippen LogP contribution in [0.5, 0.6) is 0 Å². The van der Waals surface area contributed by atoms with Gasteiger partial charge < -0.3 is 14.6 Å². The van der Waals surface area contributed by atoms with Crippen molar-refractivity contribution in [1.82, 2.24) is 14.8 Å². The van der Waals surface area contributed by atoms with Crippen LogP contribution in [0.3, 0.4) is 0 Å². The zero-order valence-corrected chi connectivity index (χ0v) is 19.3. The normalized spacial score (nSPS) is 15.9. The molecule has 0 aliphatic heterocycles. The Morgan fingerprint density at radius 2 is 2.03 bits per heavy atom. The third-order valence-corrected chi connectivity index (χ3v) is 7.54. The molecule has 0 bridgehead atoms. The summed E-state index contributed by atoms with van der Waals surface area (Å²) in [6, 6.07) is 0.251. The third-order valence-electron chi connectivity index (χ3n) is 5.39. The summed E-state index contributed by atoms with van der Waals surface area (Å²) >= 11 is 2.91. The van der Waals surface area contributed by atoms with Crippen molar-refractivity contribution in [2.75, 3.05) is 17.7 Å².